The van der Waals surface area contributed by atoms with Crippen LogP contribution in [0.4, 0.5) is 0 Å². The van der Waals surface area contributed by atoms with E-state index in [-0.39, 0.29) is 45.6 Å². The Morgan fingerprint density at radius 3 is 2.60 bits per heavy atom. The van der Waals surface area contributed by atoms with Crippen molar-refractivity contribution in [1.82, 2.24) is 9.88 Å². The number of likely N-dealkylation sites (tertiary alicyclic amines) is 1. The number of para-hydroxylation sites is 1. The number of hydrogen-bond donors (Lipinski definition) is 2. The van der Waals surface area contributed by atoms with Crippen LogP contribution >= 0.6 is 23.1 Å². The highest BCUT2D eigenvalue weighted by atomic mass is 32.2. The first-order valence-corrected chi connectivity index (χ1v) is 15.2. The molecule has 7 rings (SSSR count). The van der Waals surface area contributed by atoms with Crippen LogP contribution in [0, 0.1) is 36.5 Å². The second kappa shape index (κ2) is 9.34. The first-order chi connectivity index (χ1) is 19.2. The van der Waals surface area contributed by atoms with Crippen LogP contribution in [-0.4, -0.2) is 44.1 Å². The lowest BCUT2D eigenvalue weighted by Gasteiger charge is -2.43. The zero-order chi connectivity index (χ0) is 27.9. The molecule has 3 aromatic rings. The van der Waals surface area contributed by atoms with E-state index >= 15 is 0 Å². The van der Waals surface area contributed by atoms with Gasteiger partial charge < -0.3 is 14.8 Å². The van der Waals surface area contributed by atoms with Gasteiger partial charge in [0.25, 0.3) is 0 Å². The van der Waals surface area contributed by atoms with Gasteiger partial charge in [-0.05, 0) is 49.7 Å². The number of carbonyl (C=O) groups excluding carboxylic acids is 2. The molecule has 2 aliphatic carbocycles. The van der Waals surface area contributed by atoms with Crippen molar-refractivity contribution in [2.45, 2.75) is 49.1 Å². The molecule has 3 fully saturated rings. The van der Waals surface area contributed by atoms with Gasteiger partial charge >= 0.3 is 10.8 Å². The Labute approximate surface area is 238 Å². The average molecular weight is 577 g/mol. The highest BCUT2D eigenvalue weighted by molar-refractivity contribution is 8.00. The van der Waals surface area contributed by atoms with Crippen molar-refractivity contribution in [3.63, 3.8) is 0 Å². The number of aliphatic carboxylic acids is 1. The number of nitrogens with one attached hydrogen (secondary N) is 1. The summed E-state index contributed by atoms with van der Waals surface area (Å²) in [5, 5.41) is 10.4. The van der Waals surface area contributed by atoms with Crippen LogP contribution in [0.25, 0.3) is 0 Å². The number of carboxylic acid groups (broad SMARTS) is 1. The SMILES string of the molecule is Cc1cccc(COc2ccccc2[C@H]2c3sc(=O)[nH]c3SC3C4CC(C5C(=O)N(C(C)C(=O)O)C(=O)C45)C32)c1. The highest BCUT2D eigenvalue weighted by Gasteiger charge is 2.70. The van der Waals surface area contributed by atoms with Gasteiger partial charge in [-0.2, -0.15) is 0 Å². The van der Waals surface area contributed by atoms with E-state index in [2.05, 4.69) is 11.1 Å². The van der Waals surface area contributed by atoms with Crippen LogP contribution in [0.2, 0.25) is 0 Å². The Hall–Kier alpha value is -3.37. The molecule has 1 saturated heterocycles. The number of aromatic amines is 1. The number of carbonyl (C=O) groups is 3. The van der Waals surface area contributed by atoms with E-state index in [0.717, 1.165) is 43.7 Å². The molecule has 206 valence electrons. The van der Waals surface area contributed by atoms with Crippen molar-refractivity contribution >= 4 is 40.9 Å². The maximum atomic E-state index is 13.6. The van der Waals surface area contributed by atoms with Crippen LogP contribution in [0.1, 0.15) is 40.8 Å². The van der Waals surface area contributed by atoms with E-state index in [1.165, 1.54) is 18.3 Å². The molecule has 0 radical (unpaired) electrons. The molecule has 2 bridgehead atoms. The maximum Gasteiger partial charge on any atom is 0.326 e. The van der Waals surface area contributed by atoms with Gasteiger partial charge in [0.15, 0.2) is 0 Å². The number of amides is 2. The lowest BCUT2D eigenvalue weighted by molar-refractivity contribution is -0.154. The summed E-state index contributed by atoms with van der Waals surface area (Å²) in [7, 11) is 0. The average Bonchev–Trinajstić information content (AvgIpc) is 3.66. The fourth-order valence-electron chi connectivity index (χ4n) is 7.71. The van der Waals surface area contributed by atoms with E-state index < -0.39 is 23.8 Å². The molecule has 8 atom stereocenters. The van der Waals surface area contributed by atoms with Crippen molar-refractivity contribution < 1.29 is 24.2 Å². The summed E-state index contributed by atoms with van der Waals surface area (Å²) >= 11 is 2.81. The van der Waals surface area contributed by atoms with E-state index in [0.29, 0.717) is 6.61 Å². The number of nitrogens with zero attached hydrogens (tertiary/aromatic N) is 1. The highest BCUT2D eigenvalue weighted by Crippen LogP contribution is 2.69. The molecule has 7 unspecified atom stereocenters. The van der Waals surface area contributed by atoms with Crippen LogP contribution in [-0.2, 0) is 21.0 Å². The largest absolute Gasteiger partial charge is 0.489 e. The first kappa shape index (κ1) is 25.6. The minimum atomic E-state index is -1.19. The molecule has 2 amide bonds. The van der Waals surface area contributed by atoms with Gasteiger partial charge in [0.2, 0.25) is 11.8 Å². The number of H-pyrrole nitrogens is 1. The van der Waals surface area contributed by atoms with Crippen LogP contribution in [0.5, 0.6) is 5.75 Å². The number of hydrogen-bond acceptors (Lipinski definition) is 7. The van der Waals surface area contributed by atoms with Crippen LogP contribution in [0.3, 0.4) is 0 Å². The molecule has 2 saturated carbocycles. The number of imide groups is 1. The third-order valence-electron chi connectivity index (χ3n) is 9.23. The molecule has 8 nitrogen and oxygen atoms in total. The number of aromatic nitrogens is 1. The summed E-state index contributed by atoms with van der Waals surface area (Å²) in [6.07, 6.45) is 0.742. The summed E-state index contributed by atoms with van der Waals surface area (Å²) in [6.45, 7) is 3.84. The Morgan fingerprint density at radius 1 is 1.10 bits per heavy atom. The molecule has 0 spiro atoms. The van der Waals surface area contributed by atoms with Crippen LogP contribution < -0.4 is 9.61 Å². The smallest absolute Gasteiger partial charge is 0.326 e. The summed E-state index contributed by atoms with van der Waals surface area (Å²) in [5.41, 5.74) is 3.18. The topological polar surface area (TPSA) is 117 Å². The molecule has 10 heteroatoms. The Balaban J connectivity index is 1.28. The van der Waals surface area contributed by atoms with Crippen molar-refractivity contribution in [2.75, 3.05) is 0 Å². The summed E-state index contributed by atoms with van der Waals surface area (Å²) in [5.74, 6) is -2.52. The lowest BCUT2D eigenvalue weighted by atomic mass is 9.68. The Kier molecular flexibility index (Phi) is 5.98. The number of thiazole rings is 1. The molecule has 4 aliphatic rings. The van der Waals surface area contributed by atoms with E-state index in [4.69, 9.17) is 4.74 Å². The standard InChI is InChI=1S/C30H28N2O6S2/c1-13-6-5-7-15(10-13)12-38-19-9-4-3-8-16(19)20-21-17-11-18(24(21)39-26-25(20)40-30(37)31-26)23-22(17)27(33)32(28(23)34)14(2)29(35)36/h3-10,14,17-18,20-24H,11-12H2,1-2H3,(H,31,37)(H,35,36)/t14?,17?,18?,20-,21?,22?,23?,24?/m1/s1. The van der Waals surface area contributed by atoms with Crippen molar-refractivity contribution in [3.8, 4) is 5.75 Å². The van der Waals surface area contributed by atoms with Gasteiger partial charge in [0.05, 0.1) is 16.9 Å². The number of fused-ring (bicyclic) bond motifs is 9. The van der Waals surface area contributed by atoms with Crippen LogP contribution in [0.15, 0.2) is 58.4 Å². The third kappa shape index (κ3) is 3.72. The number of thioether (sulfide) groups is 1. The van der Waals surface area contributed by atoms with Crippen molar-refractivity contribution in [3.05, 3.63) is 79.8 Å². The molecule has 40 heavy (non-hydrogen) atoms. The number of carboxylic acids is 1. The molecular weight excluding hydrogens is 548 g/mol. The molecule has 3 heterocycles. The summed E-state index contributed by atoms with van der Waals surface area (Å²) in [4.78, 5) is 56.2. The second-order valence-electron chi connectivity index (χ2n) is 11.3. The first-order valence-electron chi connectivity index (χ1n) is 13.5. The summed E-state index contributed by atoms with van der Waals surface area (Å²) in [6, 6.07) is 14.9. The minimum Gasteiger partial charge on any atom is -0.489 e. The normalized spacial score (nSPS) is 30.6. The fraction of sp³-hybridized carbons (Fsp3) is 0.400. The molecule has 2 N–H and O–H groups in total. The molecular formula is C30H28N2O6S2. The lowest BCUT2D eigenvalue weighted by Crippen LogP contribution is -2.44. The predicted molar refractivity (Wildman–Crippen MR) is 149 cm³/mol. The van der Waals surface area contributed by atoms with Gasteiger partial charge in [0, 0.05) is 21.6 Å². The molecule has 2 aliphatic heterocycles. The minimum absolute atomic E-state index is 0.00996. The second-order valence-corrected chi connectivity index (χ2v) is 13.5. The predicted octanol–water partition coefficient (Wildman–Crippen LogP) is 4.27. The zero-order valence-corrected chi connectivity index (χ0v) is 23.5. The van der Waals surface area contributed by atoms with Crippen molar-refractivity contribution in [2.24, 2.45) is 29.6 Å². The zero-order valence-electron chi connectivity index (χ0n) is 21.9. The van der Waals surface area contributed by atoms with E-state index in [1.54, 1.807) is 11.8 Å². The van der Waals surface area contributed by atoms with E-state index in [9.17, 15) is 24.3 Å². The number of aryl methyl sites for hydroxylation is 1. The number of benzene rings is 2. The van der Waals surface area contributed by atoms with Gasteiger partial charge in [-0.3, -0.25) is 19.3 Å². The van der Waals surface area contributed by atoms with Gasteiger partial charge in [0.1, 0.15) is 18.4 Å². The number of rotatable bonds is 6. The van der Waals surface area contributed by atoms with Gasteiger partial charge in [-0.1, -0.05) is 59.4 Å². The van der Waals surface area contributed by atoms with Crippen molar-refractivity contribution in [1.29, 1.82) is 0 Å². The van der Waals surface area contributed by atoms with Gasteiger partial charge in [-0.15, -0.1) is 11.8 Å². The van der Waals surface area contributed by atoms with Gasteiger partial charge in [-0.25, -0.2) is 4.79 Å². The van der Waals surface area contributed by atoms with E-state index in [1.807, 2.05) is 49.4 Å². The third-order valence-corrected chi connectivity index (χ3v) is 11.8. The molecule has 2 aromatic carbocycles. The maximum absolute atomic E-state index is 13.6. The summed E-state index contributed by atoms with van der Waals surface area (Å²) < 4.78 is 6.40. The fourth-order valence-corrected chi connectivity index (χ4v) is 10.6. The quantitative estimate of drug-likeness (QED) is 0.421. The number of ether oxygens (including phenoxy) is 1. The monoisotopic (exact) mass is 576 g/mol. The molecule has 1 aromatic heterocycles. The Morgan fingerprint density at radius 2 is 1.85 bits per heavy atom. The Bertz CT molecular complexity index is 1610.